The molecule has 0 aliphatic carbocycles. The van der Waals surface area contributed by atoms with Crippen molar-refractivity contribution in [2.75, 3.05) is 7.11 Å². The van der Waals surface area contributed by atoms with Crippen molar-refractivity contribution in [3.8, 4) is 11.6 Å². The van der Waals surface area contributed by atoms with Crippen LogP contribution in [0.3, 0.4) is 0 Å². The predicted octanol–water partition coefficient (Wildman–Crippen LogP) is 4.85. The number of para-hydroxylation sites is 2. The molecule has 0 bridgehead atoms. The topological polar surface area (TPSA) is 96.7 Å². The highest BCUT2D eigenvalue weighted by Crippen LogP contribution is 2.47. The maximum atomic E-state index is 13.0. The summed E-state index contributed by atoms with van der Waals surface area (Å²) in [5.74, 6) is 0.362. The number of aromatic nitrogens is 2. The Balaban J connectivity index is 1.60. The summed E-state index contributed by atoms with van der Waals surface area (Å²) >= 11 is 1.63. The quantitative estimate of drug-likeness (QED) is 0.395. The average molecular weight is 500 g/mol. The third-order valence-corrected chi connectivity index (χ3v) is 7.49. The third-order valence-electron chi connectivity index (χ3n) is 6.18. The zero-order chi connectivity index (χ0) is 25.1. The third kappa shape index (κ3) is 4.72. The van der Waals surface area contributed by atoms with E-state index in [0.29, 0.717) is 24.2 Å². The van der Waals surface area contributed by atoms with Crippen molar-refractivity contribution >= 4 is 23.2 Å². The van der Waals surface area contributed by atoms with Gasteiger partial charge in [0.25, 0.3) is 5.56 Å². The first kappa shape index (κ1) is 23.7. The lowest BCUT2D eigenvalue weighted by Crippen LogP contribution is -2.34. The number of fused-ring (bicyclic) bond motifs is 1. The summed E-state index contributed by atoms with van der Waals surface area (Å²) in [5.41, 5.74) is 1.80. The second kappa shape index (κ2) is 10.3. The number of aliphatic imine (C=N–C) groups is 1. The van der Waals surface area contributed by atoms with Gasteiger partial charge in [-0.05, 0) is 30.2 Å². The lowest BCUT2D eigenvalue weighted by Gasteiger charge is -2.19. The van der Waals surface area contributed by atoms with E-state index in [1.54, 1.807) is 18.9 Å². The normalized spacial score (nSPS) is 15.0. The number of ether oxygens (including phenoxy) is 1. The van der Waals surface area contributed by atoms with Crippen molar-refractivity contribution in [2.45, 2.75) is 29.5 Å². The standard InChI is InChI=1S/C28H25N3O4S/c1-35-22-13-7-5-11-19(22)24-17-21(29-20-12-6-8-14-23(20)36-24)25-26(32)30-28(34)31(27(25)33)16-15-18-9-3-2-4-10-18/h2-14,24,33H,15-17H2,1H3,(H,30,32,34)/t24-/m0/s1. The minimum absolute atomic E-state index is 0.0138. The van der Waals surface area contributed by atoms with Crippen LogP contribution in [0.25, 0.3) is 0 Å². The molecular weight excluding hydrogens is 474 g/mol. The highest BCUT2D eigenvalue weighted by atomic mass is 32.2. The van der Waals surface area contributed by atoms with E-state index in [9.17, 15) is 14.7 Å². The molecule has 1 aromatic heterocycles. The Morgan fingerprint density at radius 3 is 2.56 bits per heavy atom. The van der Waals surface area contributed by atoms with E-state index < -0.39 is 11.2 Å². The number of aromatic amines is 1. The van der Waals surface area contributed by atoms with Gasteiger partial charge in [0.1, 0.15) is 11.3 Å². The van der Waals surface area contributed by atoms with Gasteiger partial charge in [0.2, 0.25) is 5.88 Å². The monoisotopic (exact) mass is 499 g/mol. The molecule has 0 saturated heterocycles. The number of nitrogens with zero attached hydrogens (tertiary/aromatic N) is 2. The summed E-state index contributed by atoms with van der Waals surface area (Å²) in [6.07, 6.45) is 0.877. The van der Waals surface area contributed by atoms with Crippen LogP contribution in [-0.2, 0) is 13.0 Å². The number of hydrogen-bond acceptors (Lipinski definition) is 6. The van der Waals surface area contributed by atoms with E-state index >= 15 is 0 Å². The van der Waals surface area contributed by atoms with E-state index in [-0.39, 0.29) is 23.2 Å². The van der Waals surface area contributed by atoms with Crippen LogP contribution in [0.2, 0.25) is 0 Å². The molecule has 0 saturated carbocycles. The number of aryl methyl sites for hydroxylation is 1. The van der Waals surface area contributed by atoms with Crippen molar-refractivity contribution in [3.63, 3.8) is 0 Å². The number of H-pyrrole nitrogens is 1. The lowest BCUT2D eigenvalue weighted by atomic mass is 10.0. The zero-order valence-corrected chi connectivity index (χ0v) is 20.5. The van der Waals surface area contributed by atoms with E-state index in [1.807, 2.05) is 78.9 Å². The first-order valence-electron chi connectivity index (χ1n) is 11.6. The van der Waals surface area contributed by atoms with Gasteiger partial charge in [-0.3, -0.25) is 19.3 Å². The maximum Gasteiger partial charge on any atom is 0.331 e. The fraction of sp³-hybridized carbons (Fsp3) is 0.179. The highest BCUT2D eigenvalue weighted by Gasteiger charge is 2.28. The van der Waals surface area contributed by atoms with Crippen molar-refractivity contribution in [1.82, 2.24) is 9.55 Å². The van der Waals surface area contributed by atoms with Gasteiger partial charge in [-0.15, -0.1) is 11.8 Å². The molecule has 0 radical (unpaired) electrons. The Bertz CT molecular complexity index is 1540. The fourth-order valence-electron chi connectivity index (χ4n) is 4.39. The second-order valence-corrected chi connectivity index (χ2v) is 9.67. The van der Waals surface area contributed by atoms with E-state index in [4.69, 9.17) is 9.73 Å². The number of thioether (sulfide) groups is 1. The van der Waals surface area contributed by atoms with Crippen LogP contribution < -0.4 is 16.0 Å². The Hall–Kier alpha value is -4.04. The second-order valence-electron chi connectivity index (χ2n) is 8.42. The minimum Gasteiger partial charge on any atom is -0.496 e. The lowest BCUT2D eigenvalue weighted by molar-refractivity contribution is 0.399. The van der Waals surface area contributed by atoms with E-state index in [0.717, 1.165) is 21.8 Å². The molecule has 2 N–H and O–H groups in total. The molecule has 5 rings (SSSR count). The molecule has 8 heteroatoms. The molecule has 0 unspecified atom stereocenters. The van der Waals surface area contributed by atoms with Gasteiger partial charge in [0.05, 0.1) is 18.5 Å². The predicted molar refractivity (Wildman–Crippen MR) is 142 cm³/mol. The van der Waals surface area contributed by atoms with Gasteiger partial charge < -0.3 is 9.84 Å². The molecular formula is C28H25N3O4S. The molecule has 1 atom stereocenters. The summed E-state index contributed by atoms with van der Waals surface area (Å²) in [5, 5.41) is 11.1. The molecule has 1 aliphatic heterocycles. The molecule has 3 aromatic carbocycles. The number of rotatable bonds is 6. The van der Waals surface area contributed by atoms with Crippen LogP contribution >= 0.6 is 11.8 Å². The SMILES string of the molecule is COc1ccccc1[C@@H]1CC(c2c(O)n(CCc3ccccc3)c(=O)[nH]c2=O)=Nc2ccccc2S1. The molecule has 2 heterocycles. The number of methoxy groups -OCH3 is 1. The molecule has 0 amide bonds. The maximum absolute atomic E-state index is 13.0. The largest absolute Gasteiger partial charge is 0.496 e. The van der Waals surface area contributed by atoms with Crippen LogP contribution in [-0.4, -0.2) is 27.5 Å². The number of benzene rings is 3. The first-order chi connectivity index (χ1) is 17.5. The van der Waals surface area contributed by atoms with Crippen LogP contribution in [0.15, 0.2) is 98.3 Å². The summed E-state index contributed by atoms with van der Waals surface area (Å²) in [4.78, 5) is 33.8. The van der Waals surface area contributed by atoms with Crippen molar-refractivity contribution in [1.29, 1.82) is 0 Å². The van der Waals surface area contributed by atoms with Gasteiger partial charge in [0.15, 0.2) is 0 Å². The van der Waals surface area contributed by atoms with Crippen molar-refractivity contribution in [2.24, 2.45) is 4.99 Å². The van der Waals surface area contributed by atoms with Crippen LogP contribution in [0.5, 0.6) is 11.6 Å². The zero-order valence-electron chi connectivity index (χ0n) is 19.7. The number of hydrogen-bond donors (Lipinski definition) is 2. The summed E-state index contributed by atoms with van der Waals surface area (Å²) in [7, 11) is 1.63. The van der Waals surface area contributed by atoms with Gasteiger partial charge in [-0.25, -0.2) is 4.79 Å². The van der Waals surface area contributed by atoms with E-state index in [1.165, 1.54) is 4.57 Å². The Morgan fingerprint density at radius 1 is 1.03 bits per heavy atom. The Labute approximate surface area is 212 Å². The molecule has 0 fully saturated rings. The van der Waals surface area contributed by atoms with Gasteiger partial charge in [0, 0.05) is 28.7 Å². The van der Waals surface area contributed by atoms with Gasteiger partial charge in [-0.1, -0.05) is 60.7 Å². The van der Waals surface area contributed by atoms with Crippen LogP contribution in [0, 0.1) is 0 Å². The van der Waals surface area contributed by atoms with Gasteiger partial charge >= 0.3 is 5.69 Å². The highest BCUT2D eigenvalue weighted by molar-refractivity contribution is 7.99. The molecule has 182 valence electrons. The van der Waals surface area contributed by atoms with Gasteiger partial charge in [-0.2, -0.15) is 0 Å². The average Bonchev–Trinajstić information content (AvgIpc) is 3.08. The minimum atomic E-state index is -0.657. The van der Waals surface area contributed by atoms with Crippen LogP contribution in [0.4, 0.5) is 5.69 Å². The van der Waals surface area contributed by atoms with E-state index in [2.05, 4.69) is 4.98 Å². The molecule has 0 spiro atoms. The van der Waals surface area contributed by atoms with Crippen molar-refractivity contribution in [3.05, 3.63) is 116 Å². The summed E-state index contributed by atoms with van der Waals surface area (Å²) < 4.78 is 6.81. The van der Waals surface area contributed by atoms with Crippen LogP contribution in [0.1, 0.15) is 28.4 Å². The summed E-state index contributed by atoms with van der Waals surface area (Å²) in [6.45, 7) is 0.215. The Kier molecular flexibility index (Phi) is 6.77. The van der Waals surface area contributed by atoms with Crippen molar-refractivity contribution < 1.29 is 9.84 Å². The number of nitrogens with one attached hydrogen (secondary N) is 1. The molecule has 4 aromatic rings. The fourth-order valence-corrected chi connectivity index (χ4v) is 5.65. The molecule has 7 nitrogen and oxygen atoms in total. The summed E-state index contributed by atoms with van der Waals surface area (Å²) in [6, 6.07) is 25.1. The first-order valence-corrected chi connectivity index (χ1v) is 12.5. The smallest absolute Gasteiger partial charge is 0.331 e. The Morgan fingerprint density at radius 2 is 1.75 bits per heavy atom. The molecule has 1 aliphatic rings. The molecule has 36 heavy (non-hydrogen) atoms. The number of aromatic hydroxyl groups is 1.